The Morgan fingerprint density at radius 1 is 1.10 bits per heavy atom. The monoisotopic (exact) mass is 436 g/mol. The summed E-state index contributed by atoms with van der Waals surface area (Å²) in [6.07, 6.45) is -3.24. The van der Waals surface area contributed by atoms with Crippen molar-refractivity contribution in [2.24, 2.45) is 11.1 Å². The Labute approximate surface area is 174 Å². The Bertz CT molecular complexity index is 697. The van der Waals surface area contributed by atoms with Crippen molar-refractivity contribution >= 4 is 30.0 Å². The van der Waals surface area contributed by atoms with E-state index in [9.17, 15) is 22.8 Å². The van der Waals surface area contributed by atoms with Gasteiger partial charge in [0.15, 0.2) is 0 Å². The summed E-state index contributed by atoms with van der Waals surface area (Å²) >= 11 is 0. The van der Waals surface area contributed by atoms with Crippen LogP contribution in [0.25, 0.3) is 0 Å². The molecule has 1 aliphatic heterocycles. The lowest BCUT2D eigenvalue weighted by atomic mass is 9.86. The van der Waals surface area contributed by atoms with Crippen LogP contribution in [0.1, 0.15) is 39.2 Å². The summed E-state index contributed by atoms with van der Waals surface area (Å²) in [5.41, 5.74) is 5.20. The van der Waals surface area contributed by atoms with Gasteiger partial charge in [-0.2, -0.15) is 13.2 Å². The van der Waals surface area contributed by atoms with Crippen LogP contribution in [0.4, 0.5) is 23.7 Å². The molecule has 1 unspecified atom stereocenters. The number of carbonyl (C=O) groups excluding carboxylic acids is 2. The zero-order valence-electron chi connectivity index (χ0n) is 16.7. The summed E-state index contributed by atoms with van der Waals surface area (Å²) in [5, 5.41) is 5.31. The van der Waals surface area contributed by atoms with E-state index in [1.54, 1.807) is 4.90 Å². The van der Waals surface area contributed by atoms with E-state index in [-0.39, 0.29) is 35.5 Å². The molecular weight excluding hydrogens is 409 g/mol. The van der Waals surface area contributed by atoms with E-state index in [0.29, 0.717) is 25.9 Å². The van der Waals surface area contributed by atoms with Crippen molar-refractivity contribution in [1.29, 1.82) is 0 Å². The average Bonchev–Trinajstić information content (AvgIpc) is 2.60. The summed E-state index contributed by atoms with van der Waals surface area (Å²) in [6, 6.07) is 3.05. The van der Waals surface area contributed by atoms with Crippen LogP contribution in [0.2, 0.25) is 0 Å². The lowest BCUT2D eigenvalue weighted by Crippen LogP contribution is -2.54. The number of likely N-dealkylation sites (tertiary alicyclic amines) is 1. The number of rotatable bonds is 3. The number of urea groups is 1. The minimum Gasteiger partial charge on any atom is -0.341 e. The van der Waals surface area contributed by atoms with E-state index in [2.05, 4.69) is 10.6 Å². The zero-order chi connectivity index (χ0) is 21.1. The first-order chi connectivity index (χ1) is 12.9. The summed E-state index contributed by atoms with van der Waals surface area (Å²) in [6.45, 7) is 6.72. The van der Waals surface area contributed by atoms with Crippen molar-refractivity contribution in [3.8, 4) is 0 Å². The molecule has 2 rings (SSSR count). The molecular formula is C19H28ClF3N4O2. The van der Waals surface area contributed by atoms with Crippen molar-refractivity contribution in [3.63, 3.8) is 0 Å². The van der Waals surface area contributed by atoms with E-state index < -0.39 is 23.8 Å². The quantitative estimate of drug-likeness (QED) is 0.676. The van der Waals surface area contributed by atoms with Crippen LogP contribution in [0, 0.1) is 5.41 Å². The molecule has 1 heterocycles. The number of anilines is 1. The van der Waals surface area contributed by atoms with Crippen LogP contribution < -0.4 is 16.4 Å². The number of alkyl halides is 3. The van der Waals surface area contributed by atoms with Crippen molar-refractivity contribution in [1.82, 2.24) is 10.2 Å². The number of amides is 3. The maximum Gasteiger partial charge on any atom is 0.416 e. The number of nitrogens with two attached hydrogens (primary N) is 1. The van der Waals surface area contributed by atoms with Crippen LogP contribution >= 0.6 is 12.4 Å². The Morgan fingerprint density at radius 2 is 1.62 bits per heavy atom. The predicted molar refractivity (Wildman–Crippen MR) is 108 cm³/mol. The molecule has 1 saturated heterocycles. The molecule has 3 amide bonds. The normalized spacial score (nSPS) is 16.6. The number of halogens is 4. The molecule has 0 bridgehead atoms. The maximum absolute atomic E-state index is 12.6. The molecule has 29 heavy (non-hydrogen) atoms. The summed E-state index contributed by atoms with van der Waals surface area (Å²) < 4.78 is 37.7. The summed E-state index contributed by atoms with van der Waals surface area (Å²) in [5.74, 6) is -0.0971. The van der Waals surface area contributed by atoms with Crippen LogP contribution in [0.5, 0.6) is 0 Å². The largest absolute Gasteiger partial charge is 0.416 e. The van der Waals surface area contributed by atoms with Crippen molar-refractivity contribution in [3.05, 3.63) is 29.8 Å². The van der Waals surface area contributed by atoms with Gasteiger partial charge < -0.3 is 21.3 Å². The van der Waals surface area contributed by atoms with E-state index >= 15 is 0 Å². The van der Waals surface area contributed by atoms with Crippen molar-refractivity contribution in [2.45, 2.75) is 51.9 Å². The molecule has 0 radical (unpaired) electrons. The third kappa shape index (κ3) is 7.08. The number of nitrogens with zero attached hydrogens (tertiary/aromatic N) is 1. The SMILES string of the molecule is CC(C)(C)C(N)C(=O)N1CCC(NC(=O)Nc2ccc(C(F)(F)F)cc2)CC1.Cl. The molecule has 1 aromatic carbocycles. The summed E-state index contributed by atoms with van der Waals surface area (Å²) in [4.78, 5) is 26.2. The lowest BCUT2D eigenvalue weighted by molar-refractivity contribution is -0.137. The summed E-state index contributed by atoms with van der Waals surface area (Å²) in [7, 11) is 0. The van der Waals surface area contributed by atoms with Crippen molar-refractivity contribution < 1.29 is 22.8 Å². The zero-order valence-corrected chi connectivity index (χ0v) is 17.5. The standard InChI is InChI=1S/C19H27F3N4O2.ClH/c1-18(2,3)15(23)16(27)26-10-8-14(9-11-26)25-17(28)24-13-6-4-12(5-7-13)19(20,21)22;/h4-7,14-15H,8-11,23H2,1-3H3,(H2,24,25,28);1H. The molecule has 10 heteroatoms. The number of hydrogen-bond donors (Lipinski definition) is 3. The number of carbonyl (C=O) groups is 2. The molecule has 1 aromatic rings. The molecule has 1 atom stereocenters. The van der Waals surface area contributed by atoms with Gasteiger partial charge in [0.1, 0.15) is 0 Å². The van der Waals surface area contributed by atoms with Crippen LogP contribution in [0.15, 0.2) is 24.3 Å². The number of nitrogens with one attached hydrogen (secondary N) is 2. The topological polar surface area (TPSA) is 87.5 Å². The van der Waals surface area contributed by atoms with Gasteiger partial charge in [-0.05, 0) is 42.5 Å². The van der Waals surface area contributed by atoms with E-state index in [0.717, 1.165) is 12.1 Å². The molecule has 1 aliphatic rings. The predicted octanol–water partition coefficient (Wildman–Crippen LogP) is 3.61. The third-order valence-corrected chi connectivity index (χ3v) is 4.81. The first-order valence-corrected chi connectivity index (χ1v) is 9.17. The van der Waals surface area contributed by atoms with Gasteiger partial charge in [-0.25, -0.2) is 4.79 Å². The Kier molecular flexibility index (Phi) is 8.35. The Hall–Kier alpha value is -2.00. The first-order valence-electron chi connectivity index (χ1n) is 9.17. The maximum atomic E-state index is 12.6. The minimum absolute atomic E-state index is 0. The number of benzene rings is 1. The Balaban J connectivity index is 0.00000420. The average molecular weight is 437 g/mol. The molecule has 0 spiro atoms. The number of piperidine rings is 1. The van der Waals surface area contributed by atoms with Gasteiger partial charge in [0.2, 0.25) is 5.91 Å². The highest BCUT2D eigenvalue weighted by molar-refractivity contribution is 5.89. The molecule has 1 fully saturated rings. The third-order valence-electron chi connectivity index (χ3n) is 4.81. The fourth-order valence-corrected chi connectivity index (χ4v) is 2.91. The fraction of sp³-hybridized carbons (Fsp3) is 0.579. The van der Waals surface area contributed by atoms with Crippen molar-refractivity contribution in [2.75, 3.05) is 18.4 Å². The van der Waals surface area contributed by atoms with Gasteiger partial charge in [0.05, 0.1) is 11.6 Å². The Morgan fingerprint density at radius 3 is 2.07 bits per heavy atom. The van der Waals surface area contributed by atoms with Gasteiger partial charge >= 0.3 is 12.2 Å². The second kappa shape index (κ2) is 9.67. The molecule has 0 aliphatic carbocycles. The lowest BCUT2D eigenvalue weighted by Gasteiger charge is -2.36. The second-order valence-electron chi connectivity index (χ2n) is 8.12. The van der Waals surface area contributed by atoms with Gasteiger partial charge in [-0.1, -0.05) is 20.8 Å². The van der Waals surface area contributed by atoms with E-state index in [1.165, 1.54) is 12.1 Å². The van der Waals surface area contributed by atoms with Gasteiger partial charge in [-0.15, -0.1) is 12.4 Å². The van der Waals surface area contributed by atoms with Crippen LogP contribution in [-0.4, -0.2) is 42.0 Å². The molecule has 6 nitrogen and oxygen atoms in total. The molecule has 164 valence electrons. The van der Waals surface area contributed by atoms with E-state index in [4.69, 9.17) is 5.73 Å². The number of hydrogen-bond acceptors (Lipinski definition) is 3. The molecule has 4 N–H and O–H groups in total. The second-order valence-corrected chi connectivity index (χ2v) is 8.12. The van der Waals surface area contributed by atoms with Gasteiger partial charge in [0, 0.05) is 24.8 Å². The first kappa shape index (κ1) is 25.0. The fourth-order valence-electron chi connectivity index (χ4n) is 2.91. The molecule has 0 saturated carbocycles. The highest BCUT2D eigenvalue weighted by Gasteiger charge is 2.33. The van der Waals surface area contributed by atoms with Gasteiger partial charge in [-0.3, -0.25) is 4.79 Å². The smallest absolute Gasteiger partial charge is 0.341 e. The van der Waals surface area contributed by atoms with Crippen LogP contribution in [0.3, 0.4) is 0 Å². The highest BCUT2D eigenvalue weighted by atomic mass is 35.5. The van der Waals surface area contributed by atoms with Gasteiger partial charge in [0.25, 0.3) is 0 Å². The molecule has 0 aromatic heterocycles. The highest BCUT2D eigenvalue weighted by Crippen LogP contribution is 2.29. The minimum atomic E-state index is -4.41. The van der Waals surface area contributed by atoms with E-state index in [1.807, 2.05) is 20.8 Å². The van der Waals surface area contributed by atoms with Crippen LogP contribution in [-0.2, 0) is 11.0 Å².